The SMILES string of the molecule is COc1ccc(C(OC[C@@]23CO[C@@H]([C@H](n4cc(C)c(=O)[nH]c4=O)O2)[C@H]3OP[N+](OCCC#N)(C(C)C)C(C)C)(c2ccccc2)c2ccc(OC)cc2)cc1. The van der Waals surface area contributed by atoms with Crippen molar-refractivity contribution in [1.29, 1.82) is 5.26 Å². The highest BCUT2D eigenvalue weighted by atomic mass is 31.1. The van der Waals surface area contributed by atoms with Gasteiger partial charge in [-0.1, -0.05) is 54.6 Å². The van der Waals surface area contributed by atoms with Gasteiger partial charge in [-0.15, -0.1) is 4.42 Å². The average molecular weight is 774 g/mol. The van der Waals surface area contributed by atoms with Crippen LogP contribution >= 0.6 is 8.96 Å². The molecule has 5 atom stereocenters. The lowest BCUT2D eigenvalue weighted by Crippen LogP contribution is -2.53. The van der Waals surface area contributed by atoms with E-state index in [4.69, 9.17) is 33.0 Å². The number of H-pyrrole nitrogens is 1. The van der Waals surface area contributed by atoms with Gasteiger partial charge in [-0.2, -0.15) is 10.1 Å². The van der Waals surface area contributed by atoms with Gasteiger partial charge in [-0.05, 0) is 75.6 Å². The minimum Gasteiger partial charge on any atom is -0.497 e. The molecule has 0 spiro atoms. The van der Waals surface area contributed by atoms with Gasteiger partial charge in [0.05, 0.1) is 39.9 Å². The van der Waals surface area contributed by atoms with Crippen LogP contribution < -0.4 is 20.7 Å². The van der Waals surface area contributed by atoms with Crippen molar-refractivity contribution in [3.05, 3.63) is 128 Å². The Bertz CT molecular complexity index is 2010. The largest absolute Gasteiger partial charge is 0.497 e. The van der Waals surface area contributed by atoms with Crippen LogP contribution in [0.15, 0.2) is 94.6 Å². The van der Waals surface area contributed by atoms with Gasteiger partial charge in [0, 0.05) is 11.8 Å². The van der Waals surface area contributed by atoms with Gasteiger partial charge >= 0.3 is 5.69 Å². The van der Waals surface area contributed by atoms with E-state index in [0.717, 1.165) is 16.7 Å². The van der Waals surface area contributed by atoms with Gasteiger partial charge in [0.15, 0.2) is 6.23 Å². The Morgan fingerprint density at radius 1 is 0.945 bits per heavy atom. The first kappa shape index (κ1) is 40.3. The molecular weight excluding hydrogens is 723 g/mol. The summed E-state index contributed by atoms with van der Waals surface area (Å²) >= 11 is 0. The Labute approximate surface area is 323 Å². The molecule has 0 saturated carbocycles. The molecule has 55 heavy (non-hydrogen) atoms. The molecule has 6 rings (SSSR count). The third kappa shape index (κ3) is 7.61. The number of hydrogen-bond donors (Lipinski definition) is 1. The molecule has 1 aromatic heterocycles. The maximum Gasteiger partial charge on any atom is 0.330 e. The average Bonchev–Trinajstić information content (AvgIpc) is 3.70. The summed E-state index contributed by atoms with van der Waals surface area (Å²) in [6.07, 6.45) is -0.699. The maximum atomic E-state index is 13.3. The summed E-state index contributed by atoms with van der Waals surface area (Å²) in [7, 11) is 3.01. The molecule has 292 valence electrons. The Kier molecular flexibility index (Phi) is 12.3. The number of ether oxygens (including phenoxy) is 5. The first-order valence-corrected chi connectivity index (χ1v) is 19.2. The highest BCUT2D eigenvalue weighted by molar-refractivity contribution is 7.25. The topological polar surface area (TPSA) is 143 Å². The fourth-order valence-corrected chi connectivity index (χ4v) is 8.68. The lowest BCUT2D eigenvalue weighted by Gasteiger charge is -2.42. The summed E-state index contributed by atoms with van der Waals surface area (Å²) in [4.78, 5) is 34.6. The molecule has 2 saturated heterocycles. The summed E-state index contributed by atoms with van der Waals surface area (Å²) in [5.74, 6) is 1.39. The second kappa shape index (κ2) is 16.8. The van der Waals surface area contributed by atoms with Gasteiger partial charge in [0.1, 0.15) is 53.6 Å². The summed E-state index contributed by atoms with van der Waals surface area (Å²) in [5, 5.41) is 9.30. The number of aromatic amines is 1. The predicted molar refractivity (Wildman–Crippen MR) is 207 cm³/mol. The molecule has 0 amide bonds. The van der Waals surface area contributed by atoms with Crippen molar-refractivity contribution in [2.24, 2.45) is 0 Å². The van der Waals surface area contributed by atoms with Gasteiger partial charge in [-0.3, -0.25) is 14.3 Å². The molecule has 2 bridgehead atoms. The molecule has 13 nitrogen and oxygen atoms in total. The summed E-state index contributed by atoms with van der Waals surface area (Å²) in [5.41, 5.74) is -0.631. The van der Waals surface area contributed by atoms with E-state index < -0.39 is 40.9 Å². The Morgan fingerprint density at radius 3 is 2.07 bits per heavy atom. The van der Waals surface area contributed by atoms with Crippen molar-refractivity contribution in [3.8, 4) is 17.6 Å². The number of aryl methyl sites for hydroxylation is 1. The minimum absolute atomic E-state index is 0.0266. The highest BCUT2D eigenvalue weighted by Crippen LogP contribution is 2.52. The molecule has 2 aliphatic heterocycles. The number of quaternary nitrogens is 1. The molecule has 1 unspecified atom stereocenters. The summed E-state index contributed by atoms with van der Waals surface area (Å²) < 4.78 is 40.3. The molecule has 0 aliphatic carbocycles. The molecule has 4 aromatic rings. The first-order chi connectivity index (χ1) is 26.4. The third-order valence-electron chi connectivity index (χ3n) is 10.5. The van der Waals surface area contributed by atoms with Crippen LogP contribution in [0.4, 0.5) is 0 Å². The Morgan fingerprint density at radius 2 is 1.53 bits per heavy atom. The zero-order valence-electron chi connectivity index (χ0n) is 32.3. The zero-order chi connectivity index (χ0) is 39.4. The van der Waals surface area contributed by atoms with E-state index in [2.05, 4.69) is 38.7 Å². The van der Waals surface area contributed by atoms with E-state index in [0.29, 0.717) is 17.1 Å². The van der Waals surface area contributed by atoms with Gasteiger partial charge in [0.2, 0.25) is 0 Å². The van der Waals surface area contributed by atoms with E-state index >= 15 is 0 Å². The van der Waals surface area contributed by atoms with Crippen molar-refractivity contribution in [3.63, 3.8) is 0 Å². The number of fused-ring (bicyclic) bond motifs is 2. The van der Waals surface area contributed by atoms with Gasteiger partial charge in [0.25, 0.3) is 14.5 Å². The van der Waals surface area contributed by atoms with Crippen LogP contribution in [0, 0.1) is 18.3 Å². The second-order valence-corrected chi connectivity index (χ2v) is 15.5. The second-order valence-electron chi connectivity index (χ2n) is 14.4. The molecule has 0 radical (unpaired) electrons. The standard InChI is InChI=1S/C41H49N4O9P/c1-27(2)45(28(3)4,52-23-11-22-42)55-54-36-35-38(44-24-29(5)37(46)43-39(44)47)53-40(36,25-50-35)26-51-41(30-12-9-8-10-13-30,31-14-18-33(48-6)19-15-31)32-16-20-34(49-7)21-17-32/h8-10,12-21,24,27-28,35-36,38,55H,11,23,25-26H2,1-7H3/p+1/t35-,36-,38-,40-/m1/s1. The quantitative estimate of drug-likeness (QED) is 0.0596. The molecule has 14 heteroatoms. The fourth-order valence-electron chi connectivity index (χ4n) is 7.49. The number of methoxy groups -OCH3 is 2. The smallest absolute Gasteiger partial charge is 0.330 e. The van der Waals surface area contributed by atoms with E-state index in [-0.39, 0.29) is 51.7 Å². The van der Waals surface area contributed by atoms with Crippen LogP contribution in [-0.4, -0.2) is 77.9 Å². The van der Waals surface area contributed by atoms with E-state index in [1.54, 1.807) is 21.1 Å². The molecule has 1 N–H and O–H groups in total. The monoisotopic (exact) mass is 773 g/mol. The number of benzene rings is 3. The number of hydrogen-bond acceptors (Lipinski definition) is 10. The predicted octanol–water partition coefficient (Wildman–Crippen LogP) is 5.91. The number of aromatic nitrogens is 2. The number of nitriles is 1. The lowest BCUT2D eigenvalue weighted by atomic mass is 9.79. The van der Waals surface area contributed by atoms with Crippen LogP contribution in [0.1, 0.15) is 62.6 Å². The number of rotatable bonds is 17. The molecular formula is C41H50N4O9P+. The van der Waals surface area contributed by atoms with Crippen LogP contribution in [0.25, 0.3) is 0 Å². The molecule has 3 aromatic carbocycles. The summed E-state index contributed by atoms with van der Waals surface area (Å²) in [6.45, 7) is 10.2. The van der Waals surface area contributed by atoms with Crippen molar-refractivity contribution in [1.82, 2.24) is 9.55 Å². The van der Waals surface area contributed by atoms with Crippen molar-refractivity contribution < 1.29 is 37.5 Å². The Hall–Kier alpha value is -4.38. The van der Waals surface area contributed by atoms with Crippen LogP contribution in [-0.2, 0) is 29.2 Å². The summed E-state index contributed by atoms with van der Waals surface area (Å²) in [6, 6.07) is 27.6. The minimum atomic E-state index is -1.22. The molecule has 2 aliphatic rings. The molecule has 3 heterocycles. The first-order valence-electron chi connectivity index (χ1n) is 18.4. The molecule has 2 fully saturated rings. The van der Waals surface area contributed by atoms with Gasteiger partial charge < -0.3 is 28.2 Å². The van der Waals surface area contributed by atoms with Crippen molar-refractivity contribution in [2.75, 3.05) is 34.0 Å². The van der Waals surface area contributed by atoms with Crippen LogP contribution in [0.5, 0.6) is 11.5 Å². The van der Waals surface area contributed by atoms with E-state index in [1.165, 1.54) is 10.8 Å². The Balaban J connectivity index is 1.47. The number of hydroxylamine groups is 2. The van der Waals surface area contributed by atoms with Crippen molar-refractivity contribution in [2.45, 2.75) is 82.8 Å². The van der Waals surface area contributed by atoms with E-state index in [9.17, 15) is 14.9 Å². The third-order valence-corrected chi connectivity index (χ3v) is 12.3. The number of nitrogens with zero attached hydrogens (tertiary/aromatic N) is 3. The number of nitrogens with one attached hydrogen (secondary N) is 1. The van der Waals surface area contributed by atoms with Crippen LogP contribution in [0.3, 0.4) is 0 Å². The fraction of sp³-hybridized carbons (Fsp3) is 0.439. The lowest BCUT2D eigenvalue weighted by molar-refractivity contribution is -1.04. The normalized spacial score (nSPS) is 21.1. The van der Waals surface area contributed by atoms with E-state index in [1.807, 2.05) is 78.9 Å². The maximum absolute atomic E-state index is 13.3. The zero-order valence-corrected chi connectivity index (χ0v) is 33.3. The van der Waals surface area contributed by atoms with Crippen LogP contribution in [0.2, 0.25) is 0 Å². The van der Waals surface area contributed by atoms with Crippen molar-refractivity contribution >= 4 is 8.96 Å². The van der Waals surface area contributed by atoms with Gasteiger partial charge in [-0.25, -0.2) is 4.79 Å². The highest BCUT2D eigenvalue weighted by Gasteiger charge is 2.65.